The van der Waals surface area contributed by atoms with E-state index in [4.69, 9.17) is 4.74 Å². The van der Waals surface area contributed by atoms with Gasteiger partial charge >= 0.3 is 0 Å². The molecule has 1 fully saturated rings. The summed E-state index contributed by atoms with van der Waals surface area (Å²) in [5.41, 5.74) is 2.62. The third kappa shape index (κ3) is 9.87. The Morgan fingerprint density at radius 2 is 1.50 bits per heavy atom. The monoisotopic (exact) mass is 494 g/mol. The second kappa shape index (κ2) is 13.7. The molecule has 1 amide bonds. The van der Waals surface area contributed by atoms with Crippen molar-refractivity contribution in [3.8, 4) is 5.75 Å². The molecule has 36 heavy (non-hydrogen) atoms. The van der Waals surface area contributed by atoms with Gasteiger partial charge in [0.15, 0.2) is 6.61 Å². The molecule has 0 radical (unpaired) electrons. The number of hydrogen-bond donors (Lipinski definition) is 1. The number of carbonyl (C=O) groups is 1. The van der Waals surface area contributed by atoms with E-state index in [2.05, 4.69) is 102 Å². The Hall–Kier alpha value is -2.49. The molecule has 0 atom stereocenters. The lowest BCUT2D eigenvalue weighted by Crippen LogP contribution is -2.46. The summed E-state index contributed by atoms with van der Waals surface area (Å²) in [5, 5.41) is 3.02. The predicted molar refractivity (Wildman–Crippen MR) is 154 cm³/mol. The van der Waals surface area contributed by atoms with Crippen molar-refractivity contribution in [1.82, 2.24) is 5.32 Å². The fourth-order valence-corrected chi connectivity index (χ4v) is 5.10. The Morgan fingerprint density at radius 1 is 0.917 bits per heavy atom. The Balaban J connectivity index is 0.000000281. The summed E-state index contributed by atoms with van der Waals surface area (Å²) in [6.45, 7) is 18.6. The number of amides is 1. The van der Waals surface area contributed by atoms with Crippen LogP contribution in [0.3, 0.4) is 0 Å². The van der Waals surface area contributed by atoms with Crippen molar-refractivity contribution in [1.29, 1.82) is 0 Å². The van der Waals surface area contributed by atoms with Gasteiger partial charge in [0.2, 0.25) is 0 Å². The van der Waals surface area contributed by atoms with E-state index in [0.717, 1.165) is 17.9 Å². The summed E-state index contributed by atoms with van der Waals surface area (Å²) in [5.74, 6) is 1.44. The van der Waals surface area contributed by atoms with Gasteiger partial charge in [0.1, 0.15) is 5.75 Å². The van der Waals surface area contributed by atoms with Crippen LogP contribution in [0.4, 0.5) is 5.69 Å². The number of benzene rings is 2. The number of nitrogens with one attached hydrogen (secondary N) is 1. The second-order valence-corrected chi connectivity index (χ2v) is 12.3. The maximum absolute atomic E-state index is 12.0. The Labute approximate surface area is 220 Å². The van der Waals surface area contributed by atoms with Crippen LogP contribution in [0.15, 0.2) is 54.6 Å². The molecule has 0 aromatic heterocycles. The molecule has 0 spiro atoms. The van der Waals surface area contributed by atoms with Crippen molar-refractivity contribution < 1.29 is 9.53 Å². The number of anilines is 1. The van der Waals surface area contributed by atoms with Crippen LogP contribution in [-0.4, -0.2) is 30.6 Å². The number of nitrogens with zero attached hydrogens (tertiary/aromatic N) is 1. The summed E-state index contributed by atoms with van der Waals surface area (Å²) in [6.07, 6.45) is 6.44. The molecule has 0 saturated heterocycles. The van der Waals surface area contributed by atoms with Gasteiger partial charge in [-0.1, -0.05) is 76.4 Å². The predicted octanol–water partition coefficient (Wildman–Crippen LogP) is 7.76. The molecule has 0 heterocycles. The van der Waals surface area contributed by atoms with Gasteiger partial charge in [-0.15, -0.1) is 0 Å². The first kappa shape index (κ1) is 29.7. The highest BCUT2D eigenvalue weighted by Crippen LogP contribution is 2.31. The van der Waals surface area contributed by atoms with Crippen molar-refractivity contribution in [2.75, 3.05) is 18.1 Å². The molecule has 2 aromatic rings. The van der Waals surface area contributed by atoms with Gasteiger partial charge in [-0.05, 0) is 82.6 Å². The van der Waals surface area contributed by atoms with Crippen LogP contribution in [0.5, 0.6) is 5.75 Å². The minimum atomic E-state index is -0.0192. The molecule has 4 nitrogen and oxygen atoms in total. The highest BCUT2D eigenvalue weighted by atomic mass is 16.5. The number of hydrogen-bond acceptors (Lipinski definition) is 3. The van der Waals surface area contributed by atoms with Crippen LogP contribution in [0.1, 0.15) is 93.1 Å². The van der Waals surface area contributed by atoms with Gasteiger partial charge in [0, 0.05) is 23.8 Å². The van der Waals surface area contributed by atoms with E-state index in [0.29, 0.717) is 12.0 Å². The fourth-order valence-electron chi connectivity index (χ4n) is 5.10. The normalized spacial score (nSPS) is 14.6. The van der Waals surface area contributed by atoms with Crippen LogP contribution in [0.2, 0.25) is 0 Å². The molecule has 1 saturated carbocycles. The minimum Gasteiger partial charge on any atom is -0.483 e. The molecule has 3 rings (SSSR count). The van der Waals surface area contributed by atoms with Crippen LogP contribution < -0.4 is 15.0 Å². The van der Waals surface area contributed by atoms with Crippen LogP contribution in [0.25, 0.3) is 0 Å². The second-order valence-electron chi connectivity index (χ2n) is 12.3. The molecular weight excluding hydrogens is 444 g/mol. The van der Waals surface area contributed by atoms with Crippen molar-refractivity contribution in [2.24, 2.45) is 5.92 Å². The third-order valence-corrected chi connectivity index (χ3v) is 6.64. The number of para-hydroxylation sites is 2. The van der Waals surface area contributed by atoms with E-state index in [-0.39, 0.29) is 23.5 Å². The lowest BCUT2D eigenvalue weighted by atomic mass is 9.86. The van der Waals surface area contributed by atoms with Gasteiger partial charge in [-0.2, -0.15) is 0 Å². The van der Waals surface area contributed by atoms with E-state index in [1.807, 2.05) is 18.2 Å². The first-order chi connectivity index (χ1) is 16.9. The average molecular weight is 495 g/mol. The first-order valence-corrected chi connectivity index (χ1v) is 13.7. The van der Waals surface area contributed by atoms with Gasteiger partial charge in [0.05, 0.1) is 0 Å². The maximum Gasteiger partial charge on any atom is 0.257 e. The fraction of sp³-hybridized carbons (Fsp3) is 0.594. The molecule has 2 aromatic carbocycles. The molecule has 1 aliphatic carbocycles. The molecule has 0 bridgehead atoms. The summed E-state index contributed by atoms with van der Waals surface area (Å²) >= 11 is 0. The van der Waals surface area contributed by atoms with Crippen molar-refractivity contribution >= 4 is 11.6 Å². The SMILES string of the molecule is CC(C)(C)c1ccccc1OCC(=O)NCC1CCCCC1.CC(C)N(c1ccccc1)C(C)(C)C. The molecule has 4 heteroatoms. The van der Waals surface area contributed by atoms with Crippen molar-refractivity contribution in [3.63, 3.8) is 0 Å². The van der Waals surface area contributed by atoms with Crippen molar-refractivity contribution in [3.05, 3.63) is 60.2 Å². The number of carbonyl (C=O) groups excluding carboxylic acids is 1. The Kier molecular flexibility index (Phi) is 11.3. The van der Waals surface area contributed by atoms with E-state index in [1.165, 1.54) is 37.8 Å². The standard InChI is InChI=1S/C19H29NO2.C13H21N/c1-19(2,3)16-11-7-8-12-17(16)22-14-18(21)20-13-15-9-5-4-6-10-15;1-11(2)14(13(3,4)5)12-9-7-6-8-10-12/h7-8,11-12,15H,4-6,9-10,13-14H2,1-3H3,(H,20,21);6-11H,1-5H3. The van der Waals surface area contributed by atoms with E-state index < -0.39 is 0 Å². The van der Waals surface area contributed by atoms with Gasteiger partial charge < -0.3 is 15.0 Å². The summed E-state index contributed by atoms with van der Waals surface area (Å²) in [4.78, 5) is 14.4. The zero-order chi connectivity index (χ0) is 26.8. The molecule has 1 aliphatic rings. The molecule has 200 valence electrons. The van der Waals surface area contributed by atoms with E-state index >= 15 is 0 Å². The van der Waals surface area contributed by atoms with Gasteiger partial charge in [0.25, 0.3) is 5.91 Å². The smallest absolute Gasteiger partial charge is 0.257 e. The van der Waals surface area contributed by atoms with Crippen LogP contribution >= 0.6 is 0 Å². The quantitative estimate of drug-likeness (QED) is 0.428. The van der Waals surface area contributed by atoms with E-state index in [9.17, 15) is 4.79 Å². The Bertz CT molecular complexity index is 904. The van der Waals surface area contributed by atoms with Crippen LogP contribution in [-0.2, 0) is 10.2 Å². The summed E-state index contributed by atoms with van der Waals surface area (Å²) < 4.78 is 5.75. The zero-order valence-electron chi connectivity index (χ0n) is 24.1. The van der Waals surface area contributed by atoms with Gasteiger partial charge in [-0.3, -0.25) is 4.79 Å². The molecule has 0 unspecified atom stereocenters. The molecule has 1 N–H and O–H groups in total. The zero-order valence-corrected chi connectivity index (χ0v) is 24.1. The highest BCUT2D eigenvalue weighted by Gasteiger charge is 2.23. The van der Waals surface area contributed by atoms with Crippen LogP contribution in [0, 0.1) is 5.92 Å². The number of rotatable bonds is 7. The third-order valence-electron chi connectivity index (χ3n) is 6.64. The minimum absolute atomic E-state index is 0.00909. The number of ether oxygens (including phenoxy) is 1. The topological polar surface area (TPSA) is 41.6 Å². The molecular formula is C32H50N2O2. The highest BCUT2D eigenvalue weighted by molar-refractivity contribution is 5.77. The van der Waals surface area contributed by atoms with E-state index in [1.54, 1.807) is 0 Å². The lowest BCUT2D eigenvalue weighted by Gasteiger charge is -2.41. The average Bonchev–Trinajstić information content (AvgIpc) is 2.82. The Morgan fingerprint density at radius 3 is 2.06 bits per heavy atom. The summed E-state index contributed by atoms with van der Waals surface area (Å²) in [6, 6.07) is 19.1. The first-order valence-electron chi connectivity index (χ1n) is 13.7. The lowest BCUT2D eigenvalue weighted by molar-refractivity contribution is -0.123. The molecule has 0 aliphatic heterocycles. The van der Waals surface area contributed by atoms with Crippen molar-refractivity contribution in [2.45, 2.75) is 104 Å². The summed E-state index contributed by atoms with van der Waals surface area (Å²) in [7, 11) is 0. The largest absolute Gasteiger partial charge is 0.483 e. The maximum atomic E-state index is 12.0. The van der Waals surface area contributed by atoms with Gasteiger partial charge in [-0.25, -0.2) is 0 Å².